The molecule has 1 aromatic carbocycles. The van der Waals surface area contributed by atoms with Crippen molar-refractivity contribution in [1.82, 2.24) is 0 Å². The summed E-state index contributed by atoms with van der Waals surface area (Å²) in [5.74, 6) is 0.327. The predicted octanol–water partition coefficient (Wildman–Crippen LogP) is 4.11. The van der Waals surface area contributed by atoms with E-state index in [2.05, 4.69) is 19.9 Å². The monoisotopic (exact) mass is 298 g/mol. The molecule has 0 unspecified atom stereocenters. The number of ketones is 1. The molecule has 4 N–H and O–H groups in total. The van der Waals surface area contributed by atoms with Gasteiger partial charge in [0, 0.05) is 11.8 Å². The van der Waals surface area contributed by atoms with Crippen LogP contribution in [0.3, 0.4) is 0 Å². The third-order valence-corrected chi connectivity index (χ3v) is 5.54. The molecule has 2 aliphatic carbocycles. The van der Waals surface area contributed by atoms with Crippen LogP contribution < -0.4 is 11.5 Å². The number of fused-ring (bicyclic) bond motifs is 3. The van der Waals surface area contributed by atoms with Crippen molar-refractivity contribution in [3.63, 3.8) is 0 Å². The van der Waals surface area contributed by atoms with E-state index in [1.165, 1.54) is 29.5 Å². The Bertz CT molecular complexity index is 660. The lowest BCUT2D eigenvalue weighted by molar-refractivity contribution is -0.116. The Hall–Kier alpha value is -1.77. The summed E-state index contributed by atoms with van der Waals surface area (Å²) in [5, 5.41) is 0. The van der Waals surface area contributed by atoms with Gasteiger partial charge in [-0.1, -0.05) is 32.8 Å². The fraction of sp³-hybridized carbons (Fsp3) is 0.526. The molecule has 0 aromatic heterocycles. The molecule has 0 saturated carbocycles. The van der Waals surface area contributed by atoms with E-state index < -0.39 is 0 Å². The van der Waals surface area contributed by atoms with Gasteiger partial charge in [0.1, 0.15) is 0 Å². The number of anilines is 2. The average Bonchev–Trinajstić information content (AvgIpc) is 2.85. The molecule has 0 bridgehead atoms. The maximum atomic E-state index is 12.4. The number of Topliss-reactive ketones (excluding diaryl/α,β-unsaturated/α-hetero) is 1. The zero-order valence-electron chi connectivity index (χ0n) is 13.7. The Morgan fingerprint density at radius 1 is 1.23 bits per heavy atom. The molecule has 22 heavy (non-hydrogen) atoms. The smallest absolute Gasteiger partial charge is 0.159 e. The lowest BCUT2D eigenvalue weighted by atomic mass is 9.67. The third-order valence-electron chi connectivity index (χ3n) is 5.54. The second-order valence-electron chi connectivity index (χ2n) is 6.79. The molecule has 0 amide bonds. The summed E-state index contributed by atoms with van der Waals surface area (Å²) >= 11 is 0. The standard InChI is InChI=1S/C19H26N2O/c1-3-5-9-19-10-8-16(22)12(4-2)17(19)13-6-7-15(20)18(21)14(13)11-19/h6-7H,3-5,8-11,20-21H2,1-2H3/t19-/m1/s1. The number of nitrogens with two attached hydrogens (primary N) is 2. The van der Waals surface area contributed by atoms with Gasteiger partial charge in [-0.2, -0.15) is 0 Å². The minimum atomic E-state index is 0.111. The van der Waals surface area contributed by atoms with Gasteiger partial charge in [0.2, 0.25) is 0 Å². The summed E-state index contributed by atoms with van der Waals surface area (Å²) in [6, 6.07) is 3.97. The van der Waals surface area contributed by atoms with Crippen molar-refractivity contribution in [3.05, 3.63) is 28.8 Å². The Kier molecular flexibility index (Phi) is 3.75. The van der Waals surface area contributed by atoms with Crippen molar-refractivity contribution in [3.8, 4) is 0 Å². The van der Waals surface area contributed by atoms with Crippen LogP contribution in [-0.4, -0.2) is 5.78 Å². The molecule has 2 aliphatic rings. The van der Waals surface area contributed by atoms with Crippen LogP contribution in [0, 0.1) is 5.41 Å². The van der Waals surface area contributed by atoms with Gasteiger partial charge < -0.3 is 11.5 Å². The summed E-state index contributed by atoms with van der Waals surface area (Å²) in [4.78, 5) is 12.4. The number of benzene rings is 1. The fourth-order valence-corrected chi connectivity index (χ4v) is 4.39. The van der Waals surface area contributed by atoms with Crippen LogP contribution in [0.4, 0.5) is 11.4 Å². The van der Waals surface area contributed by atoms with E-state index in [0.717, 1.165) is 36.9 Å². The molecule has 0 radical (unpaired) electrons. The minimum Gasteiger partial charge on any atom is -0.397 e. The van der Waals surface area contributed by atoms with Crippen molar-refractivity contribution >= 4 is 22.7 Å². The van der Waals surface area contributed by atoms with Crippen LogP contribution in [0.15, 0.2) is 17.7 Å². The molecule has 0 saturated heterocycles. The molecule has 3 heteroatoms. The van der Waals surface area contributed by atoms with E-state index in [-0.39, 0.29) is 5.41 Å². The van der Waals surface area contributed by atoms with Gasteiger partial charge in [-0.15, -0.1) is 0 Å². The number of nitrogen functional groups attached to an aromatic ring is 2. The number of allylic oxidation sites excluding steroid dienone is 2. The molecule has 3 nitrogen and oxygen atoms in total. The summed E-state index contributed by atoms with van der Waals surface area (Å²) in [6.07, 6.45) is 6.91. The number of hydrogen-bond acceptors (Lipinski definition) is 3. The van der Waals surface area contributed by atoms with Crippen LogP contribution in [-0.2, 0) is 11.2 Å². The SMILES string of the molecule is CCCC[C@]12CCC(=O)C(CC)=C1c1ccc(N)c(N)c1C2. The Balaban J connectivity index is 2.22. The molecule has 0 heterocycles. The first-order valence-corrected chi connectivity index (χ1v) is 8.48. The van der Waals surface area contributed by atoms with Crippen LogP contribution in [0.25, 0.3) is 5.57 Å². The highest BCUT2D eigenvalue weighted by Crippen LogP contribution is 2.58. The molecule has 118 valence electrons. The van der Waals surface area contributed by atoms with Crippen molar-refractivity contribution in [1.29, 1.82) is 0 Å². The van der Waals surface area contributed by atoms with Gasteiger partial charge in [0.25, 0.3) is 0 Å². The number of carbonyl (C=O) groups excluding carboxylic acids is 1. The van der Waals surface area contributed by atoms with Crippen LogP contribution >= 0.6 is 0 Å². The molecule has 1 atom stereocenters. The second kappa shape index (κ2) is 5.45. The Morgan fingerprint density at radius 2 is 2.00 bits per heavy atom. The largest absolute Gasteiger partial charge is 0.397 e. The van der Waals surface area contributed by atoms with Crippen LogP contribution in [0.1, 0.15) is 63.5 Å². The molecule has 0 aliphatic heterocycles. The first kappa shape index (κ1) is 15.1. The second-order valence-corrected chi connectivity index (χ2v) is 6.79. The molecule has 3 rings (SSSR count). The average molecular weight is 298 g/mol. The van der Waals surface area contributed by atoms with Gasteiger partial charge in [-0.3, -0.25) is 4.79 Å². The molecule has 0 fully saturated rings. The van der Waals surface area contributed by atoms with E-state index >= 15 is 0 Å². The molecule has 1 aromatic rings. The number of unbranched alkanes of at least 4 members (excludes halogenated alkanes) is 1. The van der Waals surface area contributed by atoms with E-state index in [1.54, 1.807) is 0 Å². The fourth-order valence-electron chi connectivity index (χ4n) is 4.39. The van der Waals surface area contributed by atoms with Crippen molar-refractivity contribution < 1.29 is 4.79 Å². The molecule has 0 spiro atoms. The van der Waals surface area contributed by atoms with E-state index in [0.29, 0.717) is 17.9 Å². The summed E-state index contributed by atoms with van der Waals surface area (Å²) in [7, 11) is 0. The normalized spacial score (nSPS) is 23.6. The van der Waals surface area contributed by atoms with Crippen LogP contribution in [0.5, 0.6) is 0 Å². The van der Waals surface area contributed by atoms with Crippen molar-refractivity contribution in [2.45, 2.75) is 58.8 Å². The van der Waals surface area contributed by atoms with E-state index in [1.807, 2.05) is 6.07 Å². The van der Waals surface area contributed by atoms with Gasteiger partial charge in [0.05, 0.1) is 11.4 Å². The maximum Gasteiger partial charge on any atom is 0.159 e. The maximum absolute atomic E-state index is 12.4. The Labute approximate surface area is 132 Å². The highest BCUT2D eigenvalue weighted by Gasteiger charge is 2.46. The van der Waals surface area contributed by atoms with Gasteiger partial charge in [-0.25, -0.2) is 0 Å². The number of hydrogen-bond donors (Lipinski definition) is 2. The lowest BCUT2D eigenvalue weighted by Crippen LogP contribution is -2.28. The Morgan fingerprint density at radius 3 is 2.68 bits per heavy atom. The first-order chi connectivity index (χ1) is 10.5. The first-order valence-electron chi connectivity index (χ1n) is 8.48. The minimum absolute atomic E-state index is 0.111. The number of carbonyl (C=O) groups is 1. The third kappa shape index (κ3) is 2.06. The quantitative estimate of drug-likeness (QED) is 0.822. The lowest BCUT2D eigenvalue weighted by Gasteiger charge is -2.36. The number of rotatable bonds is 4. The molecular weight excluding hydrogens is 272 g/mol. The highest BCUT2D eigenvalue weighted by atomic mass is 16.1. The zero-order valence-corrected chi connectivity index (χ0v) is 13.7. The van der Waals surface area contributed by atoms with E-state index in [4.69, 9.17) is 11.5 Å². The zero-order chi connectivity index (χ0) is 15.9. The topological polar surface area (TPSA) is 69.1 Å². The van der Waals surface area contributed by atoms with Gasteiger partial charge in [0.15, 0.2) is 5.78 Å². The summed E-state index contributed by atoms with van der Waals surface area (Å²) in [6.45, 7) is 4.32. The van der Waals surface area contributed by atoms with E-state index in [9.17, 15) is 4.79 Å². The van der Waals surface area contributed by atoms with Crippen molar-refractivity contribution in [2.24, 2.45) is 5.41 Å². The predicted molar refractivity (Wildman–Crippen MR) is 92.4 cm³/mol. The summed E-state index contributed by atoms with van der Waals surface area (Å²) in [5.41, 5.74) is 18.5. The summed E-state index contributed by atoms with van der Waals surface area (Å²) < 4.78 is 0. The van der Waals surface area contributed by atoms with Crippen LogP contribution in [0.2, 0.25) is 0 Å². The van der Waals surface area contributed by atoms with Crippen molar-refractivity contribution in [2.75, 3.05) is 11.5 Å². The van der Waals surface area contributed by atoms with Gasteiger partial charge in [-0.05, 0) is 54.0 Å². The van der Waals surface area contributed by atoms with Gasteiger partial charge >= 0.3 is 0 Å². The molecular formula is C19H26N2O. The highest BCUT2D eigenvalue weighted by molar-refractivity contribution is 6.07.